The van der Waals surface area contributed by atoms with Crippen LogP contribution in [0.15, 0.2) is 46.9 Å². The van der Waals surface area contributed by atoms with E-state index < -0.39 is 0 Å². The van der Waals surface area contributed by atoms with Crippen molar-refractivity contribution in [3.63, 3.8) is 0 Å². The summed E-state index contributed by atoms with van der Waals surface area (Å²) in [4.78, 5) is 14.0. The van der Waals surface area contributed by atoms with Gasteiger partial charge in [0.1, 0.15) is 0 Å². The number of nitrogens with one attached hydrogen (secondary N) is 1. The van der Waals surface area contributed by atoms with Gasteiger partial charge in [-0.1, -0.05) is 28.1 Å². The number of nitrogens with two attached hydrogens (primary N) is 1. The molecule has 2 rings (SSSR count). The van der Waals surface area contributed by atoms with Crippen LogP contribution in [0.3, 0.4) is 0 Å². The number of amides is 1. The van der Waals surface area contributed by atoms with Crippen LogP contribution < -0.4 is 16.0 Å². The van der Waals surface area contributed by atoms with Gasteiger partial charge in [-0.25, -0.2) is 0 Å². The fourth-order valence-electron chi connectivity index (χ4n) is 2.14. The Morgan fingerprint density at radius 2 is 1.90 bits per heavy atom. The lowest BCUT2D eigenvalue weighted by Crippen LogP contribution is -2.24. The maximum Gasteiger partial charge on any atom is 0.253 e. The minimum atomic E-state index is -0.118. The van der Waals surface area contributed by atoms with Crippen LogP contribution in [0.5, 0.6) is 0 Å². The number of hydrogen-bond donors (Lipinski definition) is 2. The van der Waals surface area contributed by atoms with Crippen molar-refractivity contribution in [2.45, 2.75) is 6.54 Å². The third-order valence-corrected chi connectivity index (χ3v) is 3.77. The summed E-state index contributed by atoms with van der Waals surface area (Å²) in [7, 11) is 3.57. The Hall–Kier alpha value is -2.01. The maximum absolute atomic E-state index is 12.0. The number of anilines is 2. The highest BCUT2D eigenvalue weighted by Gasteiger charge is 2.14. The summed E-state index contributed by atoms with van der Waals surface area (Å²) in [5.41, 5.74) is 9.09. The summed E-state index contributed by atoms with van der Waals surface area (Å²) in [5, 5.41) is 2.65. The Bertz CT molecular complexity index is 640. The number of nitrogens with zero attached hydrogens (tertiary/aromatic N) is 1. The van der Waals surface area contributed by atoms with Crippen molar-refractivity contribution in [3.8, 4) is 0 Å². The predicted octanol–water partition coefficient (Wildman–Crippen LogP) is 3.03. The van der Waals surface area contributed by atoms with E-state index in [9.17, 15) is 4.79 Å². The van der Waals surface area contributed by atoms with Gasteiger partial charge in [0.25, 0.3) is 5.91 Å². The molecule has 0 atom stereocenters. The van der Waals surface area contributed by atoms with Gasteiger partial charge in [-0.15, -0.1) is 0 Å². The quantitative estimate of drug-likeness (QED) is 0.835. The smallest absolute Gasteiger partial charge is 0.253 e. The minimum Gasteiger partial charge on any atom is -0.399 e. The molecule has 0 saturated carbocycles. The van der Waals surface area contributed by atoms with Gasteiger partial charge in [0.05, 0.1) is 11.3 Å². The van der Waals surface area contributed by atoms with E-state index in [0.717, 1.165) is 15.7 Å². The summed E-state index contributed by atoms with van der Waals surface area (Å²) < 4.78 is 1.05. The number of carbonyl (C=O) groups is 1. The molecule has 0 spiro atoms. The van der Waals surface area contributed by atoms with E-state index in [2.05, 4.69) is 21.2 Å². The molecule has 0 bridgehead atoms. The van der Waals surface area contributed by atoms with Crippen LogP contribution in [0, 0.1) is 0 Å². The molecular weight excluding hydrogens is 330 g/mol. The van der Waals surface area contributed by atoms with E-state index in [0.29, 0.717) is 17.8 Å². The molecule has 0 unspecified atom stereocenters. The lowest BCUT2D eigenvalue weighted by Gasteiger charge is -2.22. The largest absolute Gasteiger partial charge is 0.399 e. The number of rotatable bonds is 4. The fraction of sp³-hybridized carbons (Fsp3) is 0.188. The van der Waals surface area contributed by atoms with Crippen LogP contribution in [0.25, 0.3) is 0 Å². The van der Waals surface area contributed by atoms with Gasteiger partial charge in [0.15, 0.2) is 0 Å². The van der Waals surface area contributed by atoms with Gasteiger partial charge in [0, 0.05) is 30.8 Å². The SMILES string of the molecule is CNC(=O)c1ccc(N)cc1N(C)Cc1ccc(Br)cc1. The number of halogens is 1. The van der Waals surface area contributed by atoms with E-state index in [4.69, 9.17) is 5.73 Å². The van der Waals surface area contributed by atoms with Crippen LogP contribution >= 0.6 is 15.9 Å². The Morgan fingerprint density at radius 1 is 1.24 bits per heavy atom. The summed E-state index contributed by atoms with van der Waals surface area (Å²) in [5.74, 6) is -0.118. The molecule has 2 aromatic carbocycles. The molecule has 0 aliphatic rings. The highest BCUT2D eigenvalue weighted by molar-refractivity contribution is 9.10. The molecule has 0 aliphatic carbocycles. The maximum atomic E-state index is 12.0. The molecule has 0 saturated heterocycles. The molecule has 3 N–H and O–H groups in total. The highest BCUT2D eigenvalue weighted by atomic mass is 79.9. The zero-order valence-electron chi connectivity index (χ0n) is 12.1. The molecule has 0 aromatic heterocycles. The fourth-order valence-corrected chi connectivity index (χ4v) is 2.40. The molecule has 4 nitrogen and oxygen atoms in total. The van der Waals surface area contributed by atoms with Gasteiger partial charge in [-0.2, -0.15) is 0 Å². The average Bonchev–Trinajstić information content (AvgIpc) is 2.48. The molecule has 0 heterocycles. The molecule has 110 valence electrons. The van der Waals surface area contributed by atoms with Crippen molar-refractivity contribution < 1.29 is 4.79 Å². The van der Waals surface area contributed by atoms with E-state index in [-0.39, 0.29) is 5.91 Å². The van der Waals surface area contributed by atoms with Gasteiger partial charge < -0.3 is 16.0 Å². The van der Waals surface area contributed by atoms with Crippen LogP contribution in [0.4, 0.5) is 11.4 Å². The second-order valence-electron chi connectivity index (χ2n) is 4.84. The topological polar surface area (TPSA) is 58.4 Å². The Labute approximate surface area is 133 Å². The third kappa shape index (κ3) is 3.76. The van der Waals surface area contributed by atoms with Crippen LogP contribution in [-0.2, 0) is 6.54 Å². The first-order valence-corrected chi connectivity index (χ1v) is 7.37. The van der Waals surface area contributed by atoms with Crippen molar-refractivity contribution in [3.05, 3.63) is 58.1 Å². The average molecular weight is 348 g/mol. The number of nitrogen functional groups attached to an aromatic ring is 1. The first kappa shape index (κ1) is 15.4. The molecular formula is C16H18BrN3O. The van der Waals surface area contributed by atoms with Gasteiger partial charge in [0.2, 0.25) is 0 Å². The summed E-state index contributed by atoms with van der Waals surface area (Å²) in [6.07, 6.45) is 0. The van der Waals surface area contributed by atoms with Gasteiger partial charge in [-0.3, -0.25) is 4.79 Å². The lowest BCUT2D eigenvalue weighted by atomic mass is 10.1. The number of hydrogen-bond acceptors (Lipinski definition) is 3. The van der Waals surface area contributed by atoms with E-state index >= 15 is 0 Å². The van der Waals surface area contributed by atoms with Crippen molar-refractivity contribution in [1.82, 2.24) is 5.32 Å². The second-order valence-corrected chi connectivity index (χ2v) is 5.75. The lowest BCUT2D eigenvalue weighted by molar-refractivity contribution is 0.0963. The zero-order chi connectivity index (χ0) is 15.4. The summed E-state index contributed by atoms with van der Waals surface area (Å²) in [6.45, 7) is 0.695. The van der Waals surface area contributed by atoms with E-state index in [1.807, 2.05) is 42.3 Å². The highest BCUT2D eigenvalue weighted by Crippen LogP contribution is 2.24. The standard InChI is InChI=1S/C16H18BrN3O/c1-19-16(21)14-8-7-13(18)9-15(14)20(2)10-11-3-5-12(17)6-4-11/h3-9H,10,18H2,1-2H3,(H,19,21). The van der Waals surface area contributed by atoms with E-state index in [1.165, 1.54) is 0 Å². The first-order chi connectivity index (χ1) is 10.0. The Morgan fingerprint density at radius 3 is 2.52 bits per heavy atom. The van der Waals surface area contributed by atoms with Crippen LogP contribution in [0.2, 0.25) is 0 Å². The Balaban J connectivity index is 2.29. The van der Waals surface area contributed by atoms with Crippen molar-refractivity contribution in [2.24, 2.45) is 0 Å². The molecule has 1 amide bonds. The molecule has 5 heteroatoms. The molecule has 0 aliphatic heterocycles. The molecule has 2 aromatic rings. The molecule has 0 fully saturated rings. The normalized spacial score (nSPS) is 10.2. The number of carbonyl (C=O) groups excluding carboxylic acids is 1. The minimum absolute atomic E-state index is 0.118. The van der Waals surface area contributed by atoms with Crippen molar-refractivity contribution in [1.29, 1.82) is 0 Å². The second kappa shape index (κ2) is 6.63. The van der Waals surface area contributed by atoms with Crippen LogP contribution in [0.1, 0.15) is 15.9 Å². The summed E-state index contributed by atoms with van der Waals surface area (Å²) in [6, 6.07) is 13.4. The number of benzene rings is 2. The predicted molar refractivity (Wildman–Crippen MR) is 90.5 cm³/mol. The van der Waals surface area contributed by atoms with Crippen molar-refractivity contribution >= 4 is 33.2 Å². The van der Waals surface area contributed by atoms with E-state index in [1.54, 1.807) is 19.2 Å². The monoisotopic (exact) mass is 347 g/mol. The van der Waals surface area contributed by atoms with Crippen molar-refractivity contribution in [2.75, 3.05) is 24.7 Å². The Kier molecular flexibility index (Phi) is 4.85. The first-order valence-electron chi connectivity index (χ1n) is 6.58. The van der Waals surface area contributed by atoms with Gasteiger partial charge >= 0.3 is 0 Å². The zero-order valence-corrected chi connectivity index (χ0v) is 13.6. The van der Waals surface area contributed by atoms with Crippen LogP contribution in [-0.4, -0.2) is 20.0 Å². The van der Waals surface area contributed by atoms with Gasteiger partial charge in [-0.05, 0) is 35.9 Å². The molecule has 0 radical (unpaired) electrons. The molecule has 21 heavy (non-hydrogen) atoms. The third-order valence-electron chi connectivity index (χ3n) is 3.24. The summed E-state index contributed by atoms with van der Waals surface area (Å²) >= 11 is 3.42.